The second kappa shape index (κ2) is 10.4. The molecule has 166 valence electrons. The summed E-state index contributed by atoms with van der Waals surface area (Å²) in [5.41, 5.74) is 1.90. The highest BCUT2D eigenvalue weighted by Gasteiger charge is 2.21. The summed E-state index contributed by atoms with van der Waals surface area (Å²) in [4.78, 5) is 24.9. The van der Waals surface area contributed by atoms with E-state index in [2.05, 4.69) is 4.98 Å². The lowest BCUT2D eigenvalue weighted by molar-refractivity contribution is -0.116. The van der Waals surface area contributed by atoms with Crippen molar-refractivity contribution in [2.75, 3.05) is 24.3 Å². The zero-order valence-electron chi connectivity index (χ0n) is 17.8. The Hall–Kier alpha value is -2.55. The topological polar surface area (TPSA) is 60.2 Å². The van der Waals surface area contributed by atoms with Gasteiger partial charge in [-0.15, -0.1) is 11.8 Å². The minimum absolute atomic E-state index is 0.0179. The largest absolute Gasteiger partial charge is 0.497 e. The SMILES string of the molecule is COc1ccc(SCC(=O)N(CCCn2ccnc2)c2nc3c(C)ccc(Cl)c3s2)cc1. The Morgan fingerprint density at radius 3 is 2.75 bits per heavy atom. The molecule has 2 aromatic heterocycles. The van der Waals surface area contributed by atoms with Crippen LogP contribution < -0.4 is 9.64 Å². The summed E-state index contributed by atoms with van der Waals surface area (Å²) in [7, 11) is 1.64. The van der Waals surface area contributed by atoms with Gasteiger partial charge in [-0.1, -0.05) is 29.0 Å². The van der Waals surface area contributed by atoms with E-state index in [4.69, 9.17) is 21.3 Å². The molecule has 4 aromatic rings. The molecule has 9 heteroatoms. The first-order chi connectivity index (χ1) is 15.5. The van der Waals surface area contributed by atoms with Gasteiger partial charge < -0.3 is 9.30 Å². The van der Waals surface area contributed by atoms with Gasteiger partial charge in [-0.2, -0.15) is 0 Å². The molecule has 32 heavy (non-hydrogen) atoms. The van der Waals surface area contributed by atoms with Crippen LogP contribution in [0.1, 0.15) is 12.0 Å². The third kappa shape index (κ3) is 5.26. The zero-order chi connectivity index (χ0) is 22.5. The van der Waals surface area contributed by atoms with Crippen LogP contribution in [-0.4, -0.2) is 39.8 Å². The molecular weight excluding hydrogens is 464 g/mol. The van der Waals surface area contributed by atoms with Crippen molar-refractivity contribution in [2.45, 2.75) is 24.8 Å². The number of aromatic nitrogens is 3. The number of anilines is 1. The van der Waals surface area contributed by atoms with Gasteiger partial charge in [0.05, 0.1) is 34.4 Å². The fourth-order valence-electron chi connectivity index (χ4n) is 3.26. The van der Waals surface area contributed by atoms with Gasteiger partial charge in [0.2, 0.25) is 5.91 Å². The minimum Gasteiger partial charge on any atom is -0.497 e. The second-order valence-electron chi connectivity index (χ2n) is 7.20. The first-order valence-electron chi connectivity index (χ1n) is 10.1. The quantitative estimate of drug-likeness (QED) is 0.285. The Labute approximate surface area is 200 Å². The number of nitrogens with zero attached hydrogens (tertiary/aromatic N) is 4. The maximum Gasteiger partial charge on any atom is 0.239 e. The fraction of sp³-hybridized carbons (Fsp3) is 0.261. The number of methoxy groups -OCH3 is 1. The van der Waals surface area contributed by atoms with Gasteiger partial charge in [-0.05, 0) is 49.2 Å². The van der Waals surface area contributed by atoms with Crippen molar-refractivity contribution in [3.05, 3.63) is 65.7 Å². The Morgan fingerprint density at radius 2 is 2.06 bits per heavy atom. The molecule has 0 aliphatic heterocycles. The first-order valence-corrected chi connectivity index (χ1v) is 12.3. The Morgan fingerprint density at radius 1 is 1.25 bits per heavy atom. The average molecular weight is 487 g/mol. The molecule has 0 N–H and O–H groups in total. The molecule has 0 aliphatic rings. The van der Waals surface area contributed by atoms with Crippen LogP contribution in [0.15, 0.2) is 60.0 Å². The van der Waals surface area contributed by atoms with Gasteiger partial charge in [0.1, 0.15) is 5.75 Å². The molecule has 0 unspecified atom stereocenters. The number of rotatable bonds is 9. The lowest BCUT2D eigenvalue weighted by atomic mass is 10.2. The number of imidazole rings is 1. The highest BCUT2D eigenvalue weighted by molar-refractivity contribution is 8.00. The van der Waals surface area contributed by atoms with E-state index < -0.39 is 0 Å². The number of amides is 1. The number of aryl methyl sites for hydroxylation is 2. The van der Waals surface area contributed by atoms with Gasteiger partial charge >= 0.3 is 0 Å². The van der Waals surface area contributed by atoms with Crippen molar-refractivity contribution in [1.82, 2.24) is 14.5 Å². The van der Waals surface area contributed by atoms with E-state index in [0.29, 0.717) is 22.5 Å². The van der Waals surface area contributed by atoms with Crippen LogP contribution in [-0.2, 0) is 11.3 Å². The maximum atomic E-state index is 13.3. The molecule has 0 saturated heterocycles. The first kappa shape index (κ1) is 22.6. The van der Waals surface area contributed by atoms with Crippen LogP contribution in [0.5, 0.6) is 5.75 Å². The fourth-order valence-corrected chi connectivity index (χ4v) is 5.39. The molecule has 0 radical (unpaired) electrons. The third-order valence-corrected chi connectivity index (χ3v) is 7.53. The van der Waals surface area contributed by atoms with E-state index in [1.807, 2.05) is 54.1 Å². The van der Waals surface area contributed by atoms with E-state index in [1.165, 1.54) is 23.1 Å². The standard InChI is InChI=1S/C23H23ClN4O2S2/c1-16-4-9-19(24)22-21(16)26-23(32-22)28(12-3-11-27-13-10-25-15-27)20(29)14-31-18-7-5-17(30-2)6-8-18/h4-10,13,15H,3,11-12,14H2,1-2H3. The molecular formula is C23H23ClN4O2S2. The summed E-state index contributed by atoms with van der Waals surface area (Å²) < 4.78 is 8.13. The van der Waals surface area contributed by atoms with E-state index >= 15 is 0 Å². The van der Waals surface area contributed by atoms with Crippen LogP contribution in [0.2, 0.25) is 5.02 Å². The minimum atomic E-state index is 0.0179. The van der Waals surface area contributed by atoms with E-state index in [0.717, 1.165) is 39.4 Å². The van der Waals surface area contributed by atoms with Crippen LogP contribution >= 0.6 is 34.7 Å². The predicted octanol–water partition coefficient (Wildman–Crippen LogP) is 5.68. The molecule has 0 atom stereocenters. The van der Waals surface area contributed by atoms with Crippen molar-refractivity contribution in [2.24, 2.45) is 0 Å². The highest BCUT2D eigenvalue weighted by Crippen LogP contribution is 2.36. The molecule has 0 saturated carbocycles. The number of fused-ring (bicyclic) bond motifs is 1. The van der Waals surface area contributed by atoms with Crippen LogP contribution in [0, 0.1) is 6.92 Å². The molecule has 6 nitrogen and oxygen atoms in total. The highest BCUT2D eigenvalue weighted by atomic mass is 35.5. The number of thioether (sulfide) groups is 1. The third-order valence-electron chi connectivity index (χ3n) is 5.00. The molecule has 2 aromatic carbocycles. The monoisotopic (exact) mass is 486 g/mol. The molecule has 2 heterocycles. The maximum absolute atomic E-state index is 13.3. The molecule has 0 bridgehead atoms. The number of hydrogen-bond acceptors (Lipinski definition) is 6. The summed E-state index contributed by atoms with van der Waals surface area (Å²) in [5.74, 6) is 1.13. The van der Waals surface area contributed by atoms with Crippen LogP contribution in [0.4, 0.5) is 5.13 Å². The Kier molecular flexibility index (Phi) is 7.34. The number of halogens is 1. The number of thiazole rings is 1. The van der Waals surface area contributed by atoms with Crippen molar-refractivity contribution < 1.29 is 9.53 Å². The summed E-state index contributed by atoms with van der Waals surface area (Å²) in [5, 5.41) is 1.34. The van der Waals surface area contributed by atoms with Gasteiger partial charge in [0.25, 0.3) is 0 Å². The Bertz CT molecular complexity index is 1150. The normalized spacial score (nSPS) is 11.1. The number of hydrogen-bond donors (Lipinski definition) is 0. The van der Waals surface area contributed by atoms with Crippen molar-refractivity contribution in [3.63, 3.8) is 0 Å². The van der Waals surface area contributed by atoms with Crippen molar-refractivity contribution in [1.29, 1.82) is 0 Å². The molecule has 0 fully saturated rings. The van der Waals surface area contributed by atoms with Crippen LogP contribution in [0.3, 0.4) is 0 Å². The molecule has 4 rings (SSSR count). The van der Waals surface area contributed by atoms with E-state index in [-0.39, 0.29) is 5.91 Å². The number of carbonyl (C=O) groups excluding carboxylic acids is 1. The summed E-state index contributed by atoms with van der Waals surface area (Å²) in [6, 6.07) is 11.6. The summed E-state index contributed by atoms with van der Waals surface area (Å²) in [6.07, 6.45) is 6.25. The van der Waals surface area contributed by atoms with Crippen molar-refractivity contribution in [3.8, 4) is 5.75 Å². The molecule has 0 spiro atoms. The van der Waals surface area contributed by atoms with Gasteiger partial charge in [0, 0.05) is 30.4 Å². The molecule has 1 amide bonds. The lowest BCUT2D eigenvalue weighted by Gasteiger charge is -2.20. The van der Waals surface area contributed by atoms with E-state index in [1.54, 1.807) is 24.5 Å². The number of carbonyl (C=O) groups is 1. The number of benzene rings is 2. The molecule has 0 aliphatic carbocycles. The van der Waals surface area contributed by atoms with Gasteiger partial charge in [-0.3, -0.25) is 9.69 Å². The second-order valence-corrected chi connectivity index (χ2v) is 9.64. The van der Waals surface area contributed by atoms with E-state index in [9.17, 15) is 4.79 Å². The lowest BCUT2D eigenvalue weighted by Crippen LogP contribution is -2.33. The predicted molar refractivity (Wildman–Crippen MR) is 132 cm³/mol. The van der Waals surface area contributed by atoms with Crippen LogP contribution in [0.25, 0.3) is 10.2 Å². The number of ether oxygens (including phenoxy) is 1. The summed E-state index contributed by atoms with van der Waals surface area (Å²) >= 11 is 9.38. The van der Waals surface area contributed by atoms with Gasteiger partial charge in [-0.25, -0.2) is 9.97 Å². The smallest absolute Gasteiger partial charge is 0.239 e. The zero-order valence-corrected chi connectivity index (χ0v) is 20.2. The summed E-state index contributed by atoms with van der Waals surface area (Å²) in [6.45, 7) is 3.35. The average Bonchev–Trinajstić information content (AvgIpc) is 3.49. The van der Waals surface area contributed by atoms with Crippen molar-refractivity contribution >= 4 is 56.0 Å². The van der Waals surface area contributed by atoms with Gasteiger partial charge in [0.15, 0.2) is 5.13 Å². The Balaban J connectivity index is 1.52.